The van der Waals surface area contributed by atoms with E-state index in [0.717, 1.165) is 36.6 Å². The number of aryl methyl sites for hydroxylation is 1. The molecule has 3 fully saturated rings. The molecule has 3 saturated heterocycles. The van der Waals surface area contributed by atoms with E-state index in [1.54, 1.807) is 0 Å². The Kier molecular flexibility index (Phi) is 4.97. The lowest BCUT2D eigenvalue weighted by molar-refractivity contribution is 0.0280. The molecule has 3 aliphatic rings. The third kappa shape index (κ3) is 3.63. The van der Waals surface area contributed by atoms with Crippen LogP contribution >= 0.6 is 11.3 Å². The van der Waals surface area contributed by atoms with Gasteiger partial charge in [0.1, 0.15) is 0 Å². The van der Waals surface area contributed by atoms with Crippen LogP contribution in [0, 0.1) is 5.92 Å². The number of thiophene rings is 1. The molecule has 1 unspecified atom stereocenters. The van der Waals surface area contributed by atoms with Crippen molar-refractivity contribution in [3.05, 3.63) is 64.5 Å². The van der Waals surface area contributed by atoms with E-state index in [0.29, 0.717) is 17.9 Å². The molecule has 0 saturated carbocycles. The SMILES string of the molecule is Cn1nc(-c2ccccc2)cc1[C@@H]1CN2CC[C@H]1C[C@@H]2CNC(=O)c1cccs1. The van der Waals surface area contributed by atoms with Crippen LogP contribution in [-0.2, 0) is 7.05 Å². The van der Waals surface area contributed by atoms with Gasteiger partial charge < -0.3 is 5.32 Å². The van der Waals surface area contributed by atoms with Gasteiger partial charge in [-0.05, 0) is 42.8 Å². The number of benzene rings is 1. The Balaban J connectivity index is 1.27. The summed E-state index contributed by atoms with van der Waals surface area (Å²) in [7, 11) is 2.07. The van der Waals surface area contributed by atoms with Crippen LogP contribution in [0.25, 0.3) is 11.3 Å². The molecule has 5 nitrogen and oxygen atoms in total. The second kappa shape index (κ2) is 7.76. The maximum atomic E-state index is 12.3. The molecule has 1 amide bonds. The van der Waals surface area contributed by atoms with E-state index in [9.17, 15) is 4.79 Å². The van der Waals surface area contributed by atoms with Gasteiger partial charge in [0.05, 0.1) is 10.6 Å². The molecule has 0 radical (unpaired) electrons. The first-order chi connectivity index (χ1) is 14.2. The molecule has 150 valence electrons. The predicted molar refractivity (Wildman–Crippen MR) is 116 cm³/mol. The van der Waals surface area contributed by atoms with Crippen LogP contribution in [0.5, 0.6) is 0 Å². The van der Waals surface area contributed by atoms with Gasteiger partial charge in [0.2, 0.25) is 0 Å². The minimum Gasteiger partial charge on any atom is -0.350 e. The van der Waals surface area contributed by atoms with Crippen LogP contribution in [-0.4, -0.2) is 46.3 Å². The first-order valence-electron chi connectivity index (χ1n) is 10.3. The summed E-state index contributed by atoms with van der Waals surface area (Å²) in [5, 5.41) is 9.88. The van der Waals surface area contributed by atoms with Gasteiger partial charge in [-0.25, -0.2) is 0 Å². The van der Waals surface area contributed by atoms with Crippen LogP contribution in [0.4, 0.5) is 0 Å². The number of hydrogen-bond acceptors (Lipinski definition) is 4. The van der Waals surface area contributed by atoms with E-state index in [2.05, 4.69) is 52.3 Å². The van der Waals surface area contributed by atoms with Crippen molar-refractivity contribution in [1.29, 1.82) is 0 Å². The van der Waals surface area contributed by atoms with E-state index in [-0.39, 0.29) is 5.91 Å². The highest BCUT2D eigenvalue weighted by molar-refractivity contribution is 7.12. The molecule has 0 spiro atoms. The minimum atomic E-state index is 0.0540. The smallest absolute Gasteiger partial charge is 0.261 e. The highest BCUT2D eigenvalue weighted by atomic mass is 32.1. The Labute approximate surface area is 175 Å². The lowest BCUT2D eigenvalue weighted by Crippen LogP contribution is -2.56. The topological polar surface area (TPSA) is 50.2 Å². The molecule has 1 aromatic carbocycles. The van der Waals surface area contributed by atoms with Gasteiger partial charge in [-0.15, -0.1) is 11.3 Å². The number of nitrogens with zero attached hydrogens (tertiary/aromatic N) is 3. The highest BCUT2D eigenvalue weighted by Gasteiger charge is 2.41. The fourth-order valence-electron chi connectivity index (χ4n) is 4.97. The Hall–Kier alpha value is -2.44. The molecule has 6 rings (SSSR count). The molecule has 29 heavy (non-hydrogen) atoms. The molecule has 2 bridgehead atoms. The zero-order valence-corrected chi connectivity index (χ0v) is 17.4. The Bertz CT molecular complexity index is 982. The van der Waals surface area contributed by atoms with E-state index in [1.165, 1.54) is 29.0 Å². The fraction of sp³-hybridized carbons (Fsp3) is 0.391. The summed E-state index contributed by atoms with van der Waals surface area (Å²) >= 11 is 1.50. The summed E-state index contributed by atoms with van der Waals surface area (Å²) in [6, 6.07) is 16.9. The van der Waals surface area contributed by atoms with Crippen molar-refractivity contribution in [2.45, 2.75) is 24.8 Å². The van der Waals surface area contributed by atoms with Crippen LogP contribution in [0.2, 0.25) is 0 Å². The summed E-state index contributed by atoms with van der Waals surface area (Å²) < 4.78 is 2.07. The van der Waals surface area contributed by atoms with Gasteiger partial charge in [-0.1, -0.05) is 36.4 Å². The van der Waals surface area contributed by atoms with Crippen molar-refractivity contribution >= 4 is 17.2 Å². The van der Waals surface area contributed by atoms with Crippen molar-refractivity contribution < 1.29 is 4.79 Å². The number of carbonyl (C=O) groups excluding carboxylic acids is 1. The van der Waals surface area contributed by atoms with E-state index in [4.69, 9.17) is 5.10 Å². The maximum Gasteiger partial charge on any atom is 0.261 e. The summed E-state index contributed by atoms with van der Waals surface area (Å²) in [6.07, 6.45) is 2.37. The van der Waals surface area contributed by atoms with E-state index < -0.39 is 0 Å². The molecule has 3 aromatic rings. The van der Waals surface area contributed by atoms with Gasteiger partial charge in [0, 0.05) is 43.4 Å². The molecule has 4 atom stereocenters. The molecular formula is C23H26N4OS. The van der Waals surface area contributed by atoms with Crippen LogP contribution < -0.4 is 5.32 Å². The molecule has 6 heteroatoms. The molecule has 1 N–H and O–H groups in total. The average molecular weight is 407 g/mol. The standard InChI is InChI=1S/C23H26N4OS/c1-26-21(13-20(25-26)16-6-3-2-4-7-16)19-15-27-10-9-17(19)12-18(27)14-24-23(28)22-8-5-11-29-22/h2-8,11,13,17-19H,9-10,12,14-15H2,1H3,(H,24,28)/t17-,18+,19+/m0/s1. The largest absolute Gasteiger partial charge is 0.350 e. The van der Waals surface area contributed by atoms with Crippen molar-refractivity contribution in [1.82, 2.24) is 20.0 Å². The lowest BCUT2D eigenvalue weighted by atomic mass is 9.74. The molecular weight excluding hydrogens is 380 g/mol. The second-order valence-corrected chi connectivity index (χ2v) is 9.12. The van der Waals surface area contributed by atoms with Crippen molar-refractivity contribution in [2.75, 3.05) is 19.6 Å². The fourth-order valence-corrected chi connectivity index (χ4v) is 5.61. The number of nitrogens with one attached hydrogen (secondary N) is 1. The van der Waals surface area contributed by atoms with E-state index in [1.807, 2.05) is 23.6 Å². The third-order valence-electron chi connectivity index (χ3n) is 6.49. The zero-order valence-electron chi connectivity index (χ0n) is 16.6. The summed E-state index contributed by atoms with van der Waals surface area (Å²) in [6.45, 7) is 2.92. The summed E-state index contributed by atoms with van der Waals surface area (Å²) in [4.78, 5) is 15.6. The van der Waals surface area contributed by atoms with Gasteiger partial charge in [0.25, 0.3) is 5.91 Å². The molecule has 2 aromatic heterocycles. The predicted octanol–water partition coefficient (Wildman–Crippen LogP) is 3.76. The number of fused-ring (bicyclic) bond motifs is 3. The van der Waals surface area contributed by atoms with Crippen LogP contribution in [0.15, 0.2) is 53.9 Å². The van der Waals surface area contributed by atoms with E-state index >= 15 is 0 Å². The maximum absolute atomic E-state index is 12.3. The molecule has 5 heterocycles. The molecule has 3 aliphatic heterocycles. The quantitative estimate of drug-likeness (QED) is 0.702. The average Bonchev–Trinajstić information content (AvgIpc) is 3.43. The number of aromatic nitrogens is 2. The monoisotopic (exact) mass is 406 g/mol. The van der Waals surface area contributed by atoms with Gasteiger partial charge >= 0.3 is 0 Å². The highest BCUT2D eigenvalue weighted by Crippen LogP contribution is 2.42. The third-order valence-corrected chi connectivity index (χ3v) is 7.36. The van der Waals surface area contributed by atoms with Crippen molar-refractivity contribution in [3.63, 3.8) is 0 Å². The number of rotatable bonds is 5. The molecule has 0 aliphatic carbocycles. The van der Waals surface area contributed by atoms with Gasteiger partial charge in [-0.3, -0.25) is 14.4 Å². The minimum absolute atomic E-state index is 0.0540. The van der Waals surface area contributed by atoms with Gasteiger partial charge in [-0.2, -0.15) is 5.10 Å². The Morgan fingerprint density at radius 1 is 1.24 bits per heavy atom. The summed E-state index contributed by atoms with van der Waals surface area (Å²) in [5.74, 6) is 1.23. The van der Waals surface area contributed by atoms with Gasteiger partial charge in [0.15, 0.2) is 0 Å². The Morgan fingerprint density at radius 3 is 2.83 bits per heavy atom. The van der Waals surface area contributed by atoms with Crippen LogP contribution in [0.3, 0.4) is 0 Å². The normalized spacial score (nSPS) is 25.8. The van der Waals surface area contributed by atoms with Crippen molar-refractivity contribution in [2.24, 2.45) is 13.0 Å². The number of carbonyl (C=O) groups is 1. The first kappa shape index (κ1) is 18.6. The number of hydrogen-bond donors (Lipinski definition) is 1. The first-order valence-corrected chi connectivity index (χ1v) is 11.2. The van der Waals surface area contributed by atoms with Crippen LogP contribution in [0.1, 0.15) is 34.1 Å². The lowest BCUT2D eigenvalue weighted by Gasteiger charge is -2.49. The zero-order chi connectivity index (χ0) is 19.8. The number of piperidine rings is 3. The summed E-state index contributed by atoms with van der Waals surface area (Å²) in [5.41, 5.74) is 3.56. The van der Waals surface area contributed by atoms with Crippen molar-refractivity contribution in [3.8, 4) is 11.3 Å². The second-order valence-electron chi connectivity index (χ2n) is 8.17. The Morgan fingerprint density at radius 2 is 2.10 bits per heavy atom. The number of amides is 1.